The van der Waals surface area contributed by atoms with E-state index >= 15 is 0 Å². The molecule has 8 bridgehead atoms. The lowest BCUT2D eigenvalue weighted by Gasteiger charge is -2.25. The maximum atomic E-state index is 14.3. The van der Waals surface area contributed by atoms with Crippen LogP contribution in [0.2, 0.25) is 0 Å². The molecule has 5 atom stereocenters. The molecule has 0 amide bonds. The van der Waals surface area contributed by atoms with E-state index in [2.05, 4.69) is 93.9 Å². The second-order valence-corrected chi connectivity index (χ2v) is 16.0. The molecule has 9 nitrogen and oxygen atoms in total. The van der Waals surface area contributed by atoms with Gasteiger partial charge in [-0.3, -0.25) is 14.4 Å². The van der Waals surface area contributed by atoms with Gasteiger partial charge in [-0.2, -0.15) is 0 Å². The van der Waals surface area contributed by atoms with Crippen molar-refractivity contribution in [2.45, 2.75) is 100.0 Å². The fourth-order valence-corrected chi connectivity index (χ4v) is 8.93. The summed E-state index contributed by atoms with van der Waals surface area (Å²) in [4.78, 5) is 48.3. The van der Waals surface area contributed by atoms with E-state index in [1.807, 2.05) is 19.1 Å². The number of carbonyl (C=O) groups excluding carboxylic acids is 3. The van der Waals surface area contributed by atoms with Crippen molar-refractivity contribution in [3.8, 4) is 0 Å². The lowest BCUT2D eigenvalue weighted by molar-refractivity contribution is -0.143. The van der Waals surface area contributed by atoms with Crippen LogP contribution in [0.5, 0.6) is 0 Å². The number of aromatic amines is 2. The Kier molecular flexibility index (Phi) is 11.5. The third-order valence-corrected chi connectivity index (χ3v) is 12.2. The van der Waals surface area contributed by atoms with Gasteiger partial charge >= 0.3 is 11.9 Å². The van der Waals surface area contributed by atoms with Gasteiger partial charge < -0.3 is 30.1 Å². The Labute approximate surface area is 319 Å². The summed E-state index contributed by atoms with van der Waals surface area (Å²) in [5.74, 6) is -1.71. The zero-order valence-electron chi connectivity index (χ0n) is 33.5. The lowest BCUT2D eigenvalue weighted by atomic mass is 9.80. The predicted molar refractivity (Wildman–Crippen MR) is 214 cm³/mol. The molecule has 54 heavy (non-hydrogen) atoms. The number of ether oxygens (including phenoxy) is 2. The minimum absolute atomic E-state index is 0.000385. The first-order valence-corrected chi connectivity index (χ1v) is 19.7. The van der Waals surface area contributed by atoms with Gasteiger partial charge in [-0.25, -0.2) is 0 Å². The molecule has 1 saturated heterocycles. The van der Waals surface area contributed by atoms with Crippen LogP contribution in [0.25, 0.3) is 17.7 Å². The average molecular weight is 735 g/mol. The summed E-state index contributed by atoms with van der Waals surface area (Å²) in [6, 6.07) is -0.423. The van der Waals surface area contributed by atoms with Crippen molar-refractivity contribution in [2.24, 2.45) is 29.6 Å². The topological polar surface area (TPSA) is 125 Å². The van der Waals surface area contributed by atoms with Crippen molar-refractivity contribution in [1.82, 2.24) is 20.6 Å². The molecular formula is C45H58N4O5. The molecule has 288 valence electrons. The second-order valence-electron chi connectivity index (χ2n) is 16.0. The molecule has 1 aliphatic carbocycles. The van der Waals surface area contributed by atoms with Crippen molar-refractivity contribution >= 4 is 35.4 Å². The van der Waals surface area contributed by atoms with Gasteiger partial charge in [0.15, 0.2) is 5.78 Å². The number of hydrogen-bond donors (Lipinski definition) is 4. The van der Waals surface area contributed by atoms with Crippen LogP contribution < -0.4 is 21.3 Å². The molecule has 4 aliphatic rings. The molecule has 2 aromatic rings. The van der Waals surface area contributed by atoms with E-state index in [0.717, 1.165) is 64.2 Å². The number of aromatic nitrogens is 2. The first kappa shape index (κ1) is 38.9. The number of carbonyl (C=O) groups is 3. The normalized spacial score (nSPS) is 25.8. The zero-order chi connectivity index (χ0) is 39.0. The number of rotatable bonds is 12. The molecule has 5 heterocycles. The minimum atomic E-state index is -1.10. The molecule has 0 spiro atoms. The van der Waals surface area contributed by atoms with E-state index in [-0.39, 0.29) is 42.5 Å². The molecule has 1 unspecified atom stereocenters. The van der Waals surface area contributed by atoms with Crippen LogP contribution in [-0.2, 0) is 25.5 Å². The van der Waals surface area contributed by atoms with Gasteiger partial charge in [0.2, 0.25) is 0 Å². The van der Waals surface area contributed by atoms with Crippen LogP contribution in [0.3, 0.4) is 0 Å². The number of hydrogen-bond acceptors (Lipinski definition) is 7. The van der Waals surface area contributed by atoms with Crippen molar-refractivity contribution in [3.63, 3.8) is 0 Å². The maximum Gasteiger partial charge on any atom is 0.320 e. The lowest BCUT2D eigenvalue weighted by Crippen LogP contribution is -2.38. The molecule has 0 radical (unpaired) electrons. The van der Waals surface area contributed by atoms with Crippen molar-refractivity contribution in [3.05, 3.63) is 97.4 Å². The Hall–Kier alpha value is -4.79. The van der Waals surface area contributed by atoms with E-state index in [0.29, 0.717) is 28.8 Å². The Morgan fingerprint density at radius 1 is 1.02 bits per heavy atom. The van der Waals surface area contributed by atoms with Gasteiger partial charge in [0.05, 0.1) is 18.5 Å². The van der Waals surface area contributed by atoms with Crippen LogP contribution in [0.4, 0.5) is 0 Å². The number of nitrogens with one attached hydrogen (secondary N) is 4. The summed E-state index contributed by atoms with van der Waals surface area (Å²) in [6.45, 7) is 21.5. The maximum absolute atomic E-state index is 14.3. The molecule has 0 aromatic carbocycles. The van der Waals surface area contributed by atoms with Gasteiger partial charge in [-0.05, 0) is 117 Å². The standard InChI is InChI=1S/C45H58N4O5/c1-11-29-25(6)32-20-34-27(8)31(16-17-38(50)54-19-18-24(5)15-13-14-23(3)4)42(48-34)40-41(45(52)53-10)44(51)39-28(9)35(49-43(39)40)22-37-30(12-2)26(7)33(47-37)21-36(29)46-32/h11,18,20-23,27,29,31,41-42,46-49H,1,12-17,19H2,2-10H3/b24-18-,34-20-,35-22-,36-21-/t27-,29+,31-,41+,42?/m0/s1. The van der Waals surface area contributed by atoms with E-state index in [4.69, 9.17) is 9.47 Å². The largest absolute Gasteiger partial charge is 0.468 e. The van der Waals surface area contributed by atoms with E-state index < -0.39 is 17.9 Å². The molecule has 6 rings (SSSR count). The fourth-order valence-electron chi connectivity index (χ4n) is 8.93. The average Bonchev–Trinajstić information content (AvgIpc) is 3.87. The zero-order valence-corrected chi connectivity index (χ0v) is 33.5. The summed E-state index contributed by atoms with van der Waals surface area (Å²) >= 11 is 0. The van der Waals surface area contributed by atoms with Crippen molar-refractivity contribution < 1.29 is 23.9 Å². The SMILES string of the molecule is C=C[C@@H]1C(C)=C2/C=C3\NC(C4=c5[nH]/c(c(C)c5C(=O)[C@@H]4C(=O)OC)=C\c4[nH]c(c(C)c4CC)/C=C/1N2)[C@@H](CCC(=O)OC/C=C(/C)CCCC(C)C)[C@@H]3C. The van der Waals surface area contributed by atoms with Crippen LogP contribution in [-0.4, -0.2) is 47.4 Å². The molecular weight excluding hydrogens is 677 g/mol. The highest BCUT2D eigenvalue weighted by atomic mass is 16.5. The Balaban J connectivity index is 1.44. The molecule has 9 heteroatoms. The molecule has 0 saturated carbocycles. The number of methoxy groups -OCH3 is 1. The first-order chi connectivity index (χ1) is 25.8. The third kappa shape index (κ3) is 7.21. The molecule has 4 N–H and O–H groups in total. The number of fused-ring (bicyclic) bond motifs is 8. The number of esters is 2. The van der Waals surface area contributed by atoms with E-state index in [1.54, 1.807) is 0 Å². The van der Waals surface area contributed by atoms with Crippen molar-refractivity contribution in [2.75, 3.05) is 13.7 Å². The number of allylic oxidation sites excluding steroid dienone is 4. The number of ketones is 1. The van der Waals surface area contributed by atoms with Gasteiger partial charge in [0.25, 0.3) is 0 Å². The molecule has 3 aliphatic heterocycles. The summed E-state index contributed by atoms with van der Waals surface area (Å²) in [5.41, 5.74) is 11.7. The monoisotopic (exact) mass is 734 g/mol. The minimum Gasteiger partial charge on any atom is -0.468 e. The number of H-pyrrole nitrogens is 2. The van der Waals surface area contributed by atoms with Gasteiger partial charge in [-0.1, -0.05) is 45.8 Å². The summed E-state index contributed by atoms with van der Waals surface area (Å²) in [5, 5.41) is 8.95. The highest BCUT2D eigenvalue weighted by Crippen LogP contribution is 2.43. The van der Waals surface area contributed by atoms with Crippen LogP contribution in [0.1, 0.15) is 112 Å². The molecule has 2 aromatic heterocycles. The van der Waals surface area contributed by atoms with Gasteiger partial charge in [0, 0.05) is 57.6 Å². The van der Waals surface area contributed by atoms with E-state index in [9.17, 15) is 14.4 Å². The highest BCUT2D eigenvalue weighted by molar-refractivity contribution is 6.19. The van der Waals surface area contributed by atoms with Gasteiger partial charge in [0.1, 0.15) is 12.5 Å². The summed E-state index contributed by atoms with van der Waals surface area (Å²) in [6.07, 6.45) is 15.2. The fraction of sp³-hybridized carbons (Fsp3) is 0.489. The van der Waals surface area contributed by atoms with E-state index in [1.165, 1.54) is 30.2 Å². The predicted octanol–water partition coefficient (Wildman–Crippen LogP) is 6.72. The van der Waals surface area contributed by atoms with Crippen LogP contribution >= 0.6 is 0 Å². The summed E-state index contributed by atoms with van der Waals surface area (Å²) in [7, 11) is 1.33. The smallest absolute Gasteiger partial charge is 0.320 e. The molecule has 1 fully saturated rings. The highest BCUT2D eigenvalue weighted by Gasteiger charge is 2.49. The first-order valence-electron chi connectivity index (χ1n) is 19.7. The van der Waals surface area contributed by atoms with Gasteiger partial charge in [-0.15, -0.1) is 6.58 Å². The Bertz CT molecular complexity index is 2120. The Morgan fingerprint density at radius 2 is 1.78 bits per heavy atom. The summed E-state index contributed by atoms with van der Waals surface area (Å²) < 4.78 is 11.0. The van der Waals surface area contributed by atoms with Crippen LogP contribution in [0.15, 0.2) is 53.0 Å². The van der Waals surface area contributed by atoms with Crippen molar-refractivity contribution in [1.29, 1.82) is 0 Å². The second kappa shape index (κ2) is 15.9. The quantitative estimate of drug-likeness (QED) is 0.108. The van der Waals surface area contributed by atoms with Crippen LogP contribution in [0, 0.1) is 43.4 Å². The third-order valence-electron chi connectivity index (χ3n) is 12.2. The number of Topliss-reactive ketones (excluding diaryl/α,β-unsaturated/α-hetero) is 1. The Morgan fingerprint density at radius 3 is 2.46 bits per heavy atom.